The quantitative estimate of drug-likeness (QED) is 0.0895. The molecule has 376 valence electrons. The first-order valence-corrected chi connectivity index (χ1v) is 26.1. The molecule has 3 unspecified atom stereocenters. The highest BCUT2D eigenvalue weighted by Gasteiger charge is 2.55. The first-order chi connectivity index (χ1) is 28.5. The Morgan fingerprint density at radius 3 is 1.28 bits per heavy atom. The van der Waals surface area contributed by atoms with Gasteiger partial charge in [0.1, 0.15) is 11.7 Å². The molecule has 0 amide bonds. The summed E-state index contributed by atoms with van der Waals surface area (Å²) in [7, 11) is 0. The molecule has 2 aliphatic carbocycles. The maximum atomic E-state index is 15.1. The molecule has 6 nitrogen and oxygen atoms in total. The molecule has 0 spiro atoms. The molecule has 0 radical (unpaired) electrons. The molecule has 2 rings (SSSR count). The minimum atomic E-state index is -0.792. The predicted octanol–water partition coefficient (Wildman–Crippen LogP) is 16.9. The molecule has 6 heteroatoms. The van der Waals surface area contributed by atoms with Crippen LogP contribution < -0.4 is 0 Å². The van der Waals surface area contributed by atoms with Crippen molar-refractivity contribution in [2.45, 2.75) is 287 Å². The number of ether oxygens (including phenoxy) is 3. The number of carbonyl (C=O) groups excluding carboxylic acids is 3. The third-order valence-electron chi connectivity index (χ3n) is 17.9. The van der Waals surface area contributed by atoms with Gasteiger partial charge in [-0.25, -0.2) is 0 Å². The van der Waals surface area contributed by atoms with Crippen molar-refractivity contribution in [1.29, 1.82) is 0 Å². The van der Waals surface area contributed by atoms with Crippen LogP contribution in [-0.2, 0) is 28.6 Å². The SMILES string of the molecule is CC(C)OC(=O)C(C)(CC(C)(C)C)C(C)(C)CCC(C)(C)CC(C)(C(=O)OC1CCC(C(C)(C)C)CC1)C(C)(C)CCC(C)(C)CC(C)(C(=O)OC(C)(C)C1CCCCC1)C(C)(C)C. The highest BCUT2D eigenvalue weighted by atomic mass is 16.6. The van der Waals surface area contributed by atoms with Gasteiger partial charge in [0.05, 0.1) is 22.3 Å². The summed E-state index contributed by atoms with van der Waals surface area (Å²) >= 11 is 0. The zero-order valence-electron chi connectivity index (χ0n) is 47.1. The van der Waals surface area contributed by atoms with E-state index in [4.69, 9.17) is 14.2 Å². The minimum Gasteiger partial charge on any atom is -0.463 e. The van der Waals surface area contributed by atoms with Crippen molar-refractivity contribution in [2.75, 3.05) is 0 Å². The van der Waals surface area contributed by atoms with Gasteiger partial charge in [-0.1, -0.05) is 137 Å². The van der Waals surface area contributed by atoms with Crippen molar-refractivity contribution in [1.82, 2.24) is 0 Å². The van der Waals surface area contributed by atoms with Crippen LogP contribution in [0.4, 0.5) is 0 Å². The Balaban J connectivity index is 2.50. The van der Waals surface area contributed by atoms with Crippen LogP contribution in [0.1, 0.15) is 269 Å². The fourth-order valence-corrected chi connectivity index (χ4v) is 11.7. The number of esters is 3. The smallest absolute Gasteiger partial charge is 0.312 e. The molecular formula is C58H108O6. The molecule has 0 heterocycles. The summed E-state index contributed by atoms with van der Waals surface area (Å²) in [6.07, 6.45) is 15.0. The van der Waals surface area contributed by atoms with Crippen LogP contribution in [-0.4, -0.2) is 35.7 Å². The van der Waals surface area contributed by atoms with Gasteiger partial charge in [0.15, 0.2) is 0 Å². The Morgan fingerprint density at radius 1 is 0.469 bits per heavy atom. The second kappa shape index (κ2) is 20.6. The van der Waals surface area contributed by atoms with E-state index in [2.05, 4.69) is 152 Å². The molecule has 3 atom stereocenters. The maximum absolute atomic E-state index is 15.1. The first kappa shape index (κ1) is 58.5. The van der Waals surface area contributed by atoms with Crippen LogP contribution in [0.3, 0.4) is 0 Å². The van der Waals surface area contributed by atoms with Gasteiger partial charge in [-0.15, -0.1) is 0 Å². The normalized spacial score (nSPS) is 22.3. The molecule has 2 aliphatic rings. The molecule has 0 aromatic carbocycles. The topological polar surface area (TPSA) is 78.9 Å². The summed E-state index contributed by atoms with van der Waals surface area (Å²) < 4.78 is 19.3. The number of hydrogen-bond donors (Lipinski definition) is 0. The highest BCUT2D eigenvalue weighted by Crippen LogP contribution is 2.57. The second-order valence-corrected chi connectivity index (χ2v) is 29.5. The Bertz CT molecular complexity index is 1530. The van der Waals surface area contributed by atoms with Crippen LogP contribution in [0.2, 0.25) is 0 Å². The standard InChI is InChI=1S/C58H108O6/c1-41(2)62-45(59)57(23,38-48(3,4)5)53(16,17)36-35-52(14,15)40-58(24,46(60)63-44-32-30-42(31-33-44)49(6,7)8)54(18,19)37-34-51(12,13)39-56(22,50(9,10)11)47(61)64-55(20,21)43-28-26-25-27-29-43/h41-44H,25-40H2,1-24H3. The number of hydrogen-bond acceptors (Lipinski definition) is 6. The van der Waals surface area contributed by atoms with E-state index in [1.54, 1.807) is 0 Å². The molecular weight excluding hydrogens is 793 g/mol. The van der Waals surface area contributed by atoms with Gasteiger partial charge in [0.2, 0.25) is 0 Å². The van der Waals surface area contributed by atoms with E-state index in [1.165, 1.54) is 19.3 Å². The average Bonchev–Trinajstić information content (AvgIpc) is 3.11. The van der Waals surface area contributed by atoms with Crippen molar-refractivity contribution in [2.24, 2.45) is 66.0 Å². The lowest BCUT2D eigenvalue weighted by Gasteiger charge is -2.50. The Kier molecular flexibility index (Phi) is 18.8. The van der Waals surface area contributed by atoms with Crippen LogP contribution in [0, 0.1) is 66.0 Å². The summed E-state index contributed by atoms with van der Waals surface area (Å²) in [6.45, 7) is 53.0. The van der Waals surface area contributed by atoms with Gasteiger partial charge in [-0.3, -0.25) is 14.4 Å². The molecule has 2 fully saturated rings. The number of rotatable bonds is 20. The van der Waals surface area contributed by atoms with Gasteiger partial charge in [0, 0.05) is 0 Å². The molecule has 0 bridgehead atoms. The average molecular weight is 901 g/mol. The Hall–Kier alpha value is -1.59. The van der Waals surface area contributed by atoms with Crippen LogP contribution in [0.15, 0.2) is 0 Å². The Morgan fingerprint density at radius 2 is 0.891 bits per heavy atom. The summed E-state index contributed by atoms with van der Waals surface area (Å²) in [5, 5.41) is 0. The summed E-state index contributed by atoms with van der Waals surface area (Å²) in [5.74, 6) is 0.735. The zero-order chi connectivity index (χ0) is 50.0. The van der Waals surface area contributed by atoms with Crippen LogP contribution >= 0.6 is 0 Å². The lowest BCUT2D eigenvalue weighted by Crippen LogP contribution is -2.50. The fourth-order valence-electron chi connectivity index (χ4n) is 11.7. The van der Waals surface area contributed by atoms with Gasteiger partial charge < -0.3 is 14.2 Å². The van der Waals surface area contributed by atoms with Gasteiger partial charge in [0.25, 0.3) is 0 Å². The van der Waals surface area contributed by atoms with E-state index < -0.39 is 27.3 Å². The van der Waals surface area contributed by atoms with Crippen molar-refractivity contribution in [3.8, 4) is 0 Å². The molecule has 0 saturated heterocycles. The molecule has 0 N–H and O–H groups in total. The fraction of sp³-hybridized carbons (Fsp3) is 0.948. The summed E-state index contributed by atoms with van der Waals surface area (Å²) in [6, 6.07) is 0. The van der Waals surface area contributed by atoms with E-state index >= 15 is 4.79 Å². The predicted molar refractivity (Wildman–Crippen MR) is 270 cm³/mol. The molecule has 0 aromatic heterocycles. The zero-order valence-corrected chi connectivity index (χ0v) is 47.1. The third-order valence-corrected chi connectivity index (χ3v) is 17.9. The monoisotopic (exact) mass is 901 g/mol. The summed E-state index contributed by atoms with van der Waals surface area (Å²) in [4.78, 5) is 43.7. The summed E-state index contributed by atoms with van der Waals surface area (Å²) in [5.41, 5.74) is -4.10. The van der Waals surface area contributed by atoms with Gasteiger partial charge in [-0.2, -0.15) is 0 Å². The maximum Gasteiger partial charge on any atom is 0.312 e. The third kappa shape index (κ3) is 15.2. The van der Waals surface area contributed by atoms with Crippen molar-refractivity contribution in [3.63, 3.8) is 0 Å². The van der Waals surface area contributed by atoms with Crippen molar-refractivity contribution >= 4 is 17.9 Å². The molecule has 0 aromatic rings. The van der Waals surface area contributed by atoms with Crippen LogP contribution in [0.25, 0.3) is 0 Å². The van der Waals surface area contributed by atoms with E-state index in [0.29, 0.717) is 31.1 Å². The highest BCUT2D eigenvalue weighted by molar-refractivity contribution is 5.79. The van der Waals surface area contributed by atoms with E-state index in [1.807, 2.05) is 13.8 Å². The van der Waals surface area contributed by atoms with Crippen molar-refractivity contribution < 1.29 is 28.6 Å². The minimum absolute atomic E-state index is 0.0684. The molecule has 2 saturated carbocycles. The molecule has 64 heavy (non-hydrogen) atoms. The number of carbonyl (C=O) groups is 3. The molecule has 0 aliphatic heterocycles. The lowest BCUT2D eigenvalue weighted by atomic mass is 9.54. The van der Waals surface area contributed by atoms with E-state index in [-0.39, 0.29) is 62.6 Å². The van der Waals surface area contributed by atoms with Gasteiger partial charge >= 0.3 is 17.9 Å². The largest absolute Gasteiger partial charge is 0.463 e. The second-order valence-electron chi connectivity index (χ2n) is 29.5. The van der Waals surface area contributed by atoms with E-state index in [0.717, 1.165) is 64.2 Å². The first-order valence-electron chi connectivity index (χ1n) is 26.1. The van der Waals surface area contributed by atoms with Gasteiger partial charge in [-0.05, 0) is 182 Å². The lowest BCUT2D eigenvalue weighted by molar-refractivity contribution is -0.184. The van der Waals surface area contributed by atoms with Crippen LogP contribution in [0.5, 0.6) is 0 Å². The van der Waals surface area contributed by atoms with Crippen molar-refractivity contribution in [3.05, 3.63) is 0 Å². The Labute approximate surface area is 397 Å². The van der Waals surface area contributed by atoms with E-state index in [9.17, 15) is 9.59 Å².